The van der Waals surface area contributed by atoms with Gasteiger partial charge in [0, 0.05) is 12.6 Å². The number of rotatable bonds is 4. The Morgan fingerprint density at radius 2 is 2.12 bits per heavy atom. The van der Waals surface area contributed by atoms with Crippen LogP contribution in [0, 0.1) is 0 Å². The van der Waals surface area contributed by atoms with Crippen LogP contribution < -0.4 is 15.2 Å². The predicted molar refractivity (Wildman–Crippen MR) is 66.2 cm³/mol. The fraction of sp³-hybridized carbons (Fsp3) is 0.615. The van der Waals surface area contributed by atoms with Gasteiger partial charge in [0.05, 0.1) is 18.0 Å². The first-order chi connectivity index (χ1) is 7.98. The van der Waals surface area contributed by atoms with Crippen molar-refractivity contribution in [3.63, 3.8) is 0 Å². The highest BCUT2D eigenvalue weighted by atomic mass is 16.5. The van der Waals surface area contributed by atoms with Crippen molar-refractivity contribution in [2.45, 2.75) is 51.9 Å². The second-order valence-electron chi connectivity index (χ2n) is 5.35. The molecule has 1 fully saturated rings. The molecular formula is C13H20N2O2. The van der Waals surface area contributed by atoms with Crippen LogP contribution >= 0.6 is 0 Å². The van der Waals surface area contributed by atoms with E-state index < -0.39 is 0 Å². The van der Waals surface area contributed by atoms with Crippen LogP contribution in [0.4, 0.5) is 0 Å². The summed E-state index contributed by atoms with van der Waals surface area (Å²) in [4.78, 5) is 4.29. The van der Waals surface area contributed by atoms with Crippen LogP contribution in [0.3, 0.4) is 0 Å². The zero-order valence-electron chi connectivity index (χ0n) is 10.7. The Labute approximate surface area is 102 Å². The van der Waals surface area contributed by atoms with Gasteiger partial charge < -0.3 is 15.2 Å². The molecule has 1 aromatic heterocycles. The molecule has 94 valence electrons. The molecule has 1 aliphatic rings. The average Bonchev–Trinajstić information content (AvgIpc) is 3.00. The molecule has 0 aliphatic heterocycles. The highest BCUT2D eigenvalue weighted by Crippen LogP contribution is 2.30. The van der Waals surface area contributed by atoms with Gasteiger partial charge in [-0.25, -0.2) is 0 Å². The SMILES string of the molecule is CC(C)(C)Oc1cc(OC2CC2)cnc1CN. The molecule has 17 heavy (non-hydrogen) atoms. The van der Waals surface area contributed by atoms with Crippen molar-refractivity contribution in [2.24, 2.45) is 5.73 Å². The summed E-state index contributed by atoms with van der Waals surface area (Å²) in [6.07, 6.45) is 4.35. The molecule has 4 nitrogen and oxygen atoms in total. The highest BCUT2D eigenvalue weighted by molar-refractivity contribution is 5.35. The molecule has 0 bridgehead atoms. The first-order valence-corrected chi connectivity index (χ1v) is 6.02. The summed E-state index contributed by atoms with van der Waals surface area (Å²) in [7, 11) is 0. The second kappa shape index (κ2) is 4.53. The molecule has 0 aromatic carbocycles. The molecule has 1 aromatic rings. The van der Waals surface area contributed by atoms with E-state index in [1.165, 1.54) is 0 Å². The van der Waals surface area contributed by atoms with Crippen molar-refractivity contribution >= 4 is 0 Å². The Kier molecular flexibility index (Phi) is 3.24. The molecular weight excluding hydrogens is 216 g/mol. The Morgan fingerprint density at radius 1 is 1.41 bits per heavy atom. The number of nitrogens with zero attached hydrogens (tertiary/aromatic N) is 1. The van der Waals surface area contributed by atoms with Crippen LogP contribution in [0.25, 0.3) is 0 Å². The van der Waals surface area contributed by atoms with Gasteiger partial charge in [-0.1, -0.05) is 0 Å². The molecule has 0 radical (unpaired) electrons. The molecule has 2 rings (SSSR count). The zero-order valence-corrected chi connectivity index (χ0v) is 10.7. The van der Waals surface area contributed by atoms with Crippen molar-refractivity contribution in [2.75, 3.05) is 0 Å². The number of nitrogens with two attached hydrogens (primary N) is 1. The van der Waals surface area contributed by atoms with E-state index in [1.54, 1.807) is 6.20 Å². The van der Waals surface area contributed by atoms with E-state index in [2.05, 4.69) is 4.98 Å². The number of hydrogen-bond donors (Lipinski definition) is 1. The molecule has 2 N–H and O–H groups in total. The van der Waals surface area contributed by atoms with E-state index in [1.807, 2.05) is 26.8 Å². The summed E-state index contributed by atoms with van der Waals surface area (Å²) in [5.41, 5.74) is 6.16. The third-order valence-corrected chi connectivity index (χ3v) is 2.34. The minimum absolute atomic E-state index is 0.260. The summed E-state index contributed by atoms with van der Waals surface area (Å²) in [5, 5.41) is 0. The van der Waals surface area contributed by atoms with Gasteiger partial charge in [0.25, 0.3) is 0 Å². The van der Waals surface area contributed by atoms with Gasteiger partial charge in [-0.05, 0) is 33.6 Å². The first kappa shape index (κ1) is 12.2. The number of ether oxygens (including phenoxy) is 2. The standard InChI is InChI=1S/C13H20N2O2/c1-13(2,3)17-12-6-10(16-9-4-5-9)8-15-11(12)7-14/h6,8-9H,4-5,7,14H2,1-3H3. The molecule has 1 aliphatic carbocycles. The van der Waals surface area contributed by atoms with Crippen molar-refractivity contribution in [1.82, 2.24) is 4.98 Å². The zero-order chi connectivity index (χ0) is 12.5. The Hall–Kier alpha value is -1.29. The quantitative estimate of drug-likeness (QED) is 0.871. The maximum absolute atomic E-state index is 5.84. The lowest BCUT2D eigenvalue weighted by atomic mass is 10.2. The molecule has 1 heterocycles. The molecule has 0 saturated heterocycles. The van der Waals surface area contributed by atoms with E-state index in [4.69, 9.17) is 15.2 Å². The molecule has 1 saturated carbocycles. The third kappa shape index (κ3) is 3.60. The number of hydrogen-bond acceptors (Lipinski definition) is 4. The first-order valence-electron chi connectivity index (χ1n) is 6.02. The monoisotopic (exact) mass is 236 g/mol. The Balaban J connectivity index is 2.18. The molecule has 0 unspecified atom stereocenters. The lowest BCUT2D eigenvalue weighted by molar-refractivity contribution is 0.128. The summed E-state index contributed by atoms with van der Waals surface area (Å²) in [5.74, 6) is 1.49. The van der Waals surface area contributed by atoms with Crippen LogP contribution in [-0.2, 0) is 6.54 Å². The van der Waals surface area contributed by atoms with Crippen LogP contribution in [0.2, 0.25) is 0 Å². The van der Waals surface area contributed by atoms with Crippen LogP contribution in [0.1, 0.15) is 39.3 Å². The van der Waals surface area contributed by atoms with Gasteiger partial charge in [0.2, 0.25) is 0 Å². The Morgan fingerprint density at radius 3 is 2.65 bits per heavy atom. The molecule has 4 heteroatoms. The fourth-order valence-electron chi connectivity index (χ4n) is 1.47. The summed E-state index contributed by atoms with van der Waals surface area (Å²) < 4.78 is 11.5. The molecule has 0 amide bonds. The van der Waals surface area contributed by atoms with Gasteiger partial charge in [0.15, 0.2) is 0 Å². The lowest BCUT2D eigenvalue weighted by Gasteiger charge is -2.23. The summed E-state index contributed by atoms with van der Waals surface area (Å²) in [6.45, 7) is 6.38. The number of aromatic nitrogens is 1. The second-order valence-corrected chi connectivity index (χ2v) is 5.35. The van der Waals surface area contributed by atoms with E-state index in [-0.39, 0.29) is 5.60 Å². The smallest absolute Gasteiger partial charge is 0.146 e. The number of pyridine rings is 1. The summed E-state index contributed by atoms with van der Waals surface area (Å²) >= 11 is 0. The Bertz CT molecular complexity index is 395. The normalized spacial score (nSPS) is 15.8. The summed E-state index contributed by atoms with van der Waals surface area (Å²) in [6, 6.07) is 1.89. The van der Waals surface area contributed by atoms with Gasteiger partial charge in [-0.15, -0.1) is 0 Å². The van der Waals surface area contributed by atoms with E-state index in [0.717, 1.165) is 30.0 Å². The van der Waals surface area contributed by atoms with E-state index in [0.29, 0.717) is 12.6 Å². The van der Waals surface area contributed by atoms with Crippen molar-refractivity contribution in [3.05, 3.63) is 18.0 Å². The van der Waals surface area contributed by atoms with Crippen LogP contribution in [0.15, 0.2) is 12.3 Å². The van der Waals surface area contributed by atoms with Crippen molar-refractivity contribution in [1.29, 1.82) is 0 Å². The molecule has 0 atom stereocenters. The van der Waals surface area contributed by atoms with Gasteiger partial charge in [-0.2, -0.15) is 0 Å². The minimum atomic E-state index is -0.260. The topological polar surface area (TPSA) is 57.4 Å². The van der Waals surface area contributed by atoms with Crippen molar-refractivity contribution < 1.29 is 9.47 Å². The van der Waals surface area contributed by atoms with E-state index >= 15 is 0 Å². The third-order valence-electron chi connectivity index (χ3n) is 2.34. The van der Waals surface area contributed by atoms with E-state index in [9.17, 15) is 0 Å². The average molecular weight is 236 g/mol. The van der Waals surface area contributed by atoms with Crippen molar-refractivity contribution in [3.8, 4) is 11.5 Å². The maximum Gasteiger partial charge on any atom is 0.146 e. The molecule has 0 spiro atoms. The van der Waals surface area contributed by atoms with Gasteiger partial charge >= 0.3 is 0 Å². The lowest BCUT2D eigenvalue weighted by Crippen LogP contribution is -2.24. The van der Waals surface area contributed by atoms with Crippen LogP contribution in [0.5, 0.6) is 11.5 Å². The highest BCUT2D eigenvalue weighted by Gasteiger charge is 2.24. The van der Waals surface area contributed by atoms with Gasteiger partial charge in [-0.3, -0.25) is 4.98 Å². The predicted octanol–water partition coefficient (Wildman–Crippen LogP) is 2.26. The van der Waals surface area contributed by atoms with Gasteiger partial charge in [0.1, 0.15) is 17.1 Å². The largest absolute Gasteiger partial charge is 0.489 e. The maximum atomic E-state index is 5.84. The van der Waals surface area contributed by atoms with Crippen LogP contribution in [-0.4, -0.2) is 16.7 Å². The minimum Gasteiger partial charge on any atom is -0.489 e. The fourth-order valence-corrected chi connectivity index (χ4v) is 1.47.